The van der Waals surface area contributed by atoms with Crippen molar-refractivity contribution in [1.82, 2.24) is 5.32 Å². The summed E-state index contributed by atoms with van der Waals surface area (Å²) in [6.07, 6.45) is 1.10. The summed E-state index contributed by atoms with van der Waals surface area (Å²) in [5.74, 6) is 0. The molecule has 1 atom stereocenters. The van der Waals surface area contributed by atoms with E-state index >= 15 is 0 Å². The van der Waals surface area contributed by atoms with Crippen molar-refractivity contribution in [2.75, 3.05) is 13.2 Å². The molecular formula is C12H16N2O4. The topological polar surface area (TPSA) is 95.6 Å². The van der Waals surface area contributed by atoms with Gasteiger partial charge in [-0.1, -0.05) is 0 Å². The largest absolute Gasteiger partial charge is 0.394 e. The average Bonchev–Trinajstić information content (AvgIpc) is 3.17. The molecule has 3 N–H and O–H groups in total. The van der Waals surface area contributed by atoms with Crippen LogP contribution in [0.2, 0.25) is 0 Å². The first-order valence-corrected chi connectivity index (χ1v) is 5.85. The third-order valence-corrected chi connectivity index (χ3v) is 3.32. The minimum Gasteiger partial charge on any atom is -0.394 e. The first-order valence-electron chi connectivity index (χ1n) is 5.85. The Hall–Kier alpha value is -1.50. The number of nitrogens with zero attached hydrogens (tertiary/aromatic N) is 1. The van der Waals surface area contributed by atoms with Gasteiger partial charge < -0.3 is 15.5 Å². The molecule has 1 saturated carbocycles. The van der Waals surface area contributed by atoms with Crippen LogP contribution in [0.4, 0.5) is 5.69 Å². The van der Waals surface area contributed by atoms with Crippen LogP contribution in [-0.2, 0) is 0 Å². The zero-order valence-corrected chi connectivity index (χ0v) is 9.87. The second kappa shape index (κ2) is 5.01. The molecule has 0 radical (unpaired) electrons. The number of non-ortho nitro benzene ring substituents is 1. The van der Waals surface area contributed by atoms with Gasteiger partial charge in [-0.3, -0.25) is 10.1 Å². The summed E-state index contributed by atoms with van der Waals surface area (Å²) in [5.41, 5.74) is 0.414. The van der Waals surface area contributed by atoms with Crippen molar-refractivity contribution >= 4 is 5.69 Å². The van der Waals surface area contributed by atoms with Crippen LogP contribution < -0.4 is 5.32 Å². The van der Waals surface area contributed by atoms with E-state index in [-0.39, 0.29) is 17.8 Å². The molecular weight excluding hydrogens is 236 g/mol. The van der Waals surface area contributed by atoms with Crippen LogP contribution in [-0.4, -0.2) is 33.8 Å². The molecule has 1 aliphatic rings. The first-order chi connectivity index (χ1) is 8.56. The molecule has 6 nitrogen and oxygen atoms in total. The van der Waals surface area contributed by atoms with Crippen molar-refractivity contribution in [3.8, 4) is 0 Å². The number of hydrogen-bond donors (Lipinski definition) is 3. The van der Waals surface area contributed by atoms with E-state index in [0.717, 1.165) is 12.8 Å². The van der Waals surface area contributed by atoms with Crippen molar-refractivity contribution in [2.24, 2.45) is 0 Å². The van der Waals surface area contributed by atoms with Crippen molar-refractivity contribution in [3.05, 3.63) is 39.9 Å². The second-order valence-electron chi connectivity index (χ2n) is 4.68. The lowest BCUT2D eigenvalue weighted by atomic mass is 10.1. The molecule has 18 heavy (non-hydrogen) atoms. The molecule has 0 aliphatic heterocycles. The average molecular weight is 252 g/mol. The van der Waals surface area contributed by atoms with Gasteiger partial charge in [0.2, 0.25) is 0 Å². The van der Waals surface area contributed by atoms with Gasteiger partial charge >= 0.3 is 0 Å². The summed E-state index contributed by atoms with van der Waals surface area (Å²) in [4.78, 5) is 10.0. The van der Waals surface area contributed by atoms with E-state index in [1.54, 1.807) is 12.1 Å². The monoisotopic (exact) mass is 252 g/mol. The Morgan fingerprint density at radius 3 is 2.44 bits per heavy atom. The van der Waals surface area contributed by atoms with Gasteiger partial charge in [-0.15, -0.1) is 0 Å². The number of rotatable bonds is 6. The number of nitrogens with one attached hydrogen (secondary N) is 1. The zero-order valence-electron chi connectivity index (χ0n) is 9.87. The van der Waals surface area contributed by atoms with E-state index in [2.05, 4.69) is 5.32 Å². The summed E-state index contributed by atoms with van der Waals surface area (Å²) in [6.45, 7) is 0.401. The second-order valence-corrected chi connectivity index (χ2v) is 4.68. The highest BCUT2D eigenvalue weighted by molar-refractivity contribution is 5.33. The van der Waals surface area contributed by atoms with E-state index in [4.69, 9.17) is 5.11 Å². The van der Waals surface area contributed by atoms with Crippen LogP contribution in [0.1, 0.15) is 24.5 Å². The van der Waals surface area contributed by atoms with Crippen molar-refractivity contribution in [1.29, 1.82) is 0 Å². The molecule has 6 heteroatoms. The predicted molar refractivity (Wildman–Crippen MR) is 65.1 cm³/mol. The Bertz CT molecular complexity index is 428. The Kier molecular flexibility index (Phi) is 3.60. The first kappa shape index (κ1) is 12.9. The molecule has 1 aliphatic carbocycles. The lowest BCUT2D eigenvalue weighted by molar-refractivity contribution is -0.384. The van der Waals surface area contributed by atoms with Crippen molar-refractivity contribution < 1.29 is 15.1 Å². The summed E-state index contributed by atoms with van der Waals surface area (Å²) < 4.78 is 0. The minimum absolute atomic E-state index is 0.00734. The predicted octanol–water partition coefficient (Wildman–Crippen LogP) is 0.743. The number of aliphatic hydroxyl groups excluding tert-OH is 2. The Morgan fingerprint density at radius 2 is 2.00 bits per heavy atom. The van der Waals surface area contributed by atoms with E-state index in [0.29, 0.717) is 12.1 Å². The summed E-state index contributed by atoms with van der Waals surface area (Å²) in [5, 5.41) is 32.7. The molecule has 0 heterocycles. The zero-order chi connectivity index (χ0) is 13.2. The Labute approximate surface area is 104 Å². The Morgan fingerprint density at radius 1 is 1.39 bits per heavy atom. The maximum atomic E-state index is 10.5. The third-order valence-electron chi connectivity index (χ3n) is 3.32. The van der Waals surface area contributed by atoms with Gasteiger partial charge in [-0.2, -0.15) is 0 Å². The lowest BCUT2D eigenvalue weighted by Crippen LogP contribution is -2.37. The number of benzene rings is 1. The highest BCUT2D eigenvalue weighted by Crippen LogP contribution is 2.34. The molecule has 1 unspecified atom stereocenters. The highest BCUT2D eigenvalue weighted by atomic mass is 16.6. The number of aliphatic hydroxyl groups is 2. The van der Waals surface area contributed by atoms with E-state index in [1.807, 2.05) is 0 Å². The Balaban J connectivity index is 1.92. The fourth-order valence-electron chi connectivity index (χ4n) is 1.79. The van der Waals surface area contributed by atoms with Crippen molar-refractivity contribution in [3.63, 3.8) is 0 Å². The van der Waals surface area contributed by atoms with Gasteiger partial charge in [-0.25, -0.2) is 0 Å². The van der Waals surface area contributed by atoms with Gasteiger partial charge in [0.1, 0.15) is 0 Å². The fraction of sp³-hybridized carbons (Fsp3) is 0.500. The van der Waals surface area contributed by atoms with E-state index < -0.39 is 11.0 Å². The van der Waals surface area contributed by atoms with Crippen LogP contribution in [0.3, 0.4) is 0 Å². The van der Waals surface area contributed by atoms with Crippen LogP contribution in [0.15, 0.2) is 24.3 Å². The van der Waals surface area contributed by atoms with Gasteiger partial charge in [0.25, 0.3) is 5.69 Å². The van der Waals surface area contributed by atoms with Gasteiger partial charge in [0.15, 0.2) is 0 Å². The molecule has 1 aromatic carbocycles. The number of nitro benzene ring substituents is 1. The van der Waals surface area contributed by atoms with Crippen LogP contribution in [0.5, 0.6) is 0 Å². The molecule has 0 saturated heterocycles. The maximum Gasteiger partial charge on any atom is 0.269 e. The van der Waals surface area contributed by atoms with Crippen molar-refractivity contribution in [2.45, 2.75) is 24.5 Å². The normalized spacial score (nSPS) is 18.3. The minimum atomic E-state index is -0.727. The molecule has 98 valence electrons. The molecule has 0 bridgehead atoms. The third kappa shape index (κ3) is 2.84. The molecule has 2 rings (SSSR count). The van der Waals surface area contributed by atoms with Crippen LogP contribution in [0.25, 0.3) is 0 Å². The lowest BCUT2D eigenvalue weighted by Gasteiger charge is -2.17. The standard InChI is InChI=1S/C12H16N2O4/c15-8-12(5-6-12)13-7-11(16)9-1-3-10(4-2-9)14(17)18/h1-4,11,13,15-16H,5-8H2. The van der Waals surface area contributed by atoms with Gasteiger partial charge in [0, 0.05) is 24.2 Å². The summed E-state index contributed by atoms with van der Waals surface area (Å²) in [6, 6.07) is 5.83. The maximum absolute atomic E-state index is 10.5. The smallest absolute Gasteiger partial charge is 0.269 e. The van der Waals surface area contributed by atoms with Crippen LogP contribution in [0, 0.1) is 10.1 Å². The summed E-state index contributed by atoms with van der Waals surface area (Å²) >= 11 is 0. The molecule has 1 fully saturated rings. The highest BCUT2D eigenvalue weighted by Gasteiger charge is 2.41. The fourth-order valence-corrected chi connectivity index (χ4v) is 1.79. The van der Waals surface area contributed by atoms with Gasteiger partial charge in [-0.05, 0) is 30.5 Å². The van der Waals surface area contributed by atoms with E-state index in [1.165, 1.54) is 12.1 Å². The molecule has 0 aromatic heterocycles. The number of hydrogen-bond acceptors (Lipinski definition) is 5. The SMILES string of the molecule is O=[N+]([O-])c1ccc(C(O)CNC2(CO)CC2)cc1. The number of β-amino-alcohol motifs (C(OH)–C–C–N with tert-alkyl or cyclic N) is 1. The van der Waals surface area contributed by atoms with Gasteiger partial charge in [0.05, 0.1) is 17.6 Å². The number of nitro groups is 1. The molecule has 0 amide bonds. The molecule has 1 aromatic rings. The summed E-state index contributed by atoms with van der Waals surface area (Å²) in [7, 11) is 0. The van der Waals surface area contributed by atoms with E-state index in [9.17, 15) is 15.2 Å². The quantitative estimate of drug-likeness (QED) is 0.512. The molecule has 0 spiro atoms. The van der Waals surface area contributed by atoms with Crippen LogP contribution >= 0.6 is 0 Å².